The molecule has 0 bridgehead atoms. The molecule has 0 radical (unpaired) electrons. The Labute approximate surface area is 173 Å². The van der Waals surface area contributed by atoms with E-state index in [1.165, 1.54) is 50.5 Å². The minimum absolute atomic E-state index is 0.0863. The van der Waals surface area contributed by atoms with E-state index in [-0.39, 0.29) is 33.9 Å². The van der Waals surface area contributed by atoms with Gasteiger partial charge in [-0.2, -0.15) is 0 Å². The summed E-state index contributed by atoms with van der Waals surface area (Å²) in [6, 6.07) is 13.2. The van der Waals surface area contributed by atoms with Crippen molar-refractivity contribution in [2.45, 2.75) is 22.3 Å². The normalized spacial score (nSPS) is 12.2. The summed E-state index contributed by atoms with van der Waals surface area (Å²) in [7, 11) is -4.62. The third-order valence-electron chi connectivity index (χ3n) is 4.01. The molecule has 160 valence electrons. The third-order valence-corrected chi connectivity index (χ3v) is 7.36. The van der Waals surface area contributed by atoms with Gasteiger partial charge in [-0.1, -0.05) is 18.2 Å². The molecule has 0 spiro atoms. The van der Waals surface area contributed by atoms with Gasteiger partial charge in [0.15, 0.2) is 9.84 Å². The van der Waals surface area contributed by atoms with Crippen molar-refractivity contribution in [1.82, 2.24) is 4.31 Å². The van der Waals surface area contributed by atoms with Crippen molar-refractivity contribution >= 4 is 25.8 Å². The highest BCUT2D eigenvalue weighted by atomic mass is 32.2. The molecule has 0 unspecified atom stereocenters. The van der Waals surface area contributed by atoms with E-state index in [1.807, 2.05) is 0 Å². The molecule has 0 saturated carbocycles. The Morgan fingerprint density at radius 1 is 0.900 bits per heavy atom. The van der Waals surface area contributed by atoms with E-state index in [4.69, 9.17) is 13.6 Å². The smallest absolute Gasteiger partial charge is 0.374 e. The first kappa shape index (κ1) is 21.8. The third kappa shape index (κ3) is 4.81. The van der Waals surface area contributed by atoms with Crippen LogP contribution >= 0.6 is 0 Å². The monoisotopic (exact) mass is 453 g/mol. The number of nitrogens with zero attached hydrogens (tertiary/aromatic N) is 1. The highest BCUT2D eigenvalue weighted by Gasteiger charge is 2.23. The molecule has 0 saturated heterocycles. The van der Waals surface area contributed by atoms with Crippen LogP contribution in [0.4, 0.5) is 0 Å². The first-order chi connectivity index (χ1) is 14.1. The lowest BCUT2D eigenvalue weighted by molar-refractivity contribution is 0.0402. The summed E-state index contributed by atoms with van der Waals surface area (Å²) in [5, 5.41) is -0.273. The molecule has 0 aliphatic rings. The highest BCUT2D eigenvalue weighted by Crippen LogP contribution is 2.20. The number of ether oxygens (including phenoxy) is 1. The van der Waals surface area contributed by atoms with E-state index in [9.17, 15) is 21.6 Å². The van der Waals surface area contributed by atoms with Crippen LogP contribution in [0.15, 0.2) is 73.4 Å². The zero-order valence-corrected chi connectivity index (χ0v) is 17.8. The largest absolute Gasteiger partial charge is 0.453 e. The highest BCUT2D eigenvalue weighted by molar-refractivity contribution is 7.90. The number of benzene rings is 1. The molecular formula is C19H19NO8S2. The van der Waals surface area contributed by atoms with Crippen molar-refractivity contribution < 1.29 is 35.2 Å². The van der Waals surface area contributed by atoms with Gasteiger partial charge in [0.2, 0.25) is 10.9 Å². The van der Waals surface area contributed by atoms with Crippen LogP contribution < -0.4 is 0 Å². The molecule has 11 heteroatoms. The second-order valence-corrected chi connectivity index (χ2v) is 10.5. The minimum Gasteiger partial charge on any atom is -0.453 e. The minimum atomic E-state index is -3.73. The first-order valence-electron chi connectivity index (χ1n) is 8.64. The number of furan rings is 2. The average Bonchev–Trinajstić information content (AvgIpc) is 3.36. The predicted molar refractivity (Wildman–Crippen MR) is 105 cm³/mol. The molecule has 0 aliphatic heterocycles. The Bertz CT molecular complexity index is 1240. The zero-order chi connectivity index (χ0) is 21.9. The lowest BCUT2D eigenvalue weighted by Crippen LogP contribution is -2.21. The topological polar surface area (TPSA) is 124 Å². The van der Waals surface area contributed by atoms with Gasteiger partial charge in [-0.15, -0.1) is 0 Å². The fourth-order valence-corrected chi connectivity index (χ4v) is 4.51. The summed E-state index contributed by atoms with van der Waals surface area (Å²) in [5.41, 5.74) is 0. The lowest BCUT2D eigenvalue weighted by atomic mass is 10.4. The van der Waals surface area contributed by atoms with Crippen molar-refractivity contribution in [1.29, 1.82) is 0 Å². The van der Waals surface area contributed by atoms with E-state index in [1.54, 1.807) is 18.2 Å². The van der Waals surface area contributed by atoms with Gasteiger partial charge in [0.1, 0.15) is 23.9 Å². The summed E-state index contributed by atoms with van der Waals surface area (Å²) >= 11 is 0. The van der Waals surface area contributed by atoms with Crippen molar-refractivity contribution in [2.24, 2.45) is 0 Å². The van der Waals surface area contributed by atoms with E-state index >= 15 is 0 Å². The molecule has 0 aliphatic carbocycles. The van der Waals surface area contributed by atoms with E-state index in [0.29, 0.717) is 0 Å². The number of sulfonamides is 1. The van der Waals surface area contributed by atoms with Gasteiger partial charge in [0.25, 0.3) is 10.0 Å². The predicted octanol–water partition coefficient (Wildman–Crippen LogP) is 2.45. The molecule has 0 atom stereocenters. The van der Waals surface area contributed by atoms with Crippen LogP contribution in [0.5, 0.6) is 0 Å². The Balaban J connectivity index is 1.63. The Morgan fingerprint density at radius 2 is 1.57 bits per heavy atom. The number of carbonyl (C=O) groups is 1. The van der Waals surface area contributed by atoms with Crippen LogP contribution in [-0.2, 0) is 37.0 Å². The van der Waals surface area contributed by atoms with Crippen LogP contribution in [0, 0.1) is 0 Å². The van der Waals surface area contributed by atoms with Gasteiger partial charge in [-0.3, -0.25) is 0 Å². The summed E-state index contributed by atoms with van der Waals surface area (Å²) in [6.45, 7) is -0.319. The second kappa shape index (κ2) is 8.46. The standard InChI is InChI=1S/C19H19NO8S2/c1-20(2)30(24,25)18-11-9-14(28-18)12-26-19(21)17-10-8-15(27-17)13-29(22,23)16-6-4-3-5-7-16/h3-11H,12-13H2,1-2H3. The van der Waals surface area contributed by atoms with Gasteiger partial charge in [0.05, 0.1) is 4.90 Å². The molecule has 30 heavy (non-hydrogen) atoms. The Kier molecular flexibility index (Phi) is 6.15. The van der Waals surface area contributed by atoms with Crippen molar-refractivity contribution in [3.05, 3.63) is 71.9 Å². The van der Waals surface area contributed by atoms with Crippen LogP contribution in [-0.4, -0.2) is 41.2 Å². The van der Waals surface area contributed by atoms with Gasteiger partial charge in [-0.25, -0.2) is 25.9 Å². The molecular weight excluding hydrogens is 434 g/mol. The van der Waals surface area contributed by atoms with Crippen molar-refractivity contribution in [2.75, 3.05) is 14.1 Å². The molecule has 2 heterocycles. The molecule has 0 N–H and O–H groups in total. The van der Waals surface area contributed by atoms with Gasteiger partial charge in [0, 0.05) is 14.1 Å². The molecule has 0 fully saturated rings. The molecule has 0 amide bonds. The Hall–Kier alpha value is -2.89. The first-order valence-corrected chi connectivity index (χ1v) is 11.7. The summed E-state index contributed by atoms with van der Waals surface area (Å²) in [4.78, 5) is 12.3. The molecule has 9 nitrogen and oxygen atoms in total. The van der Waals surface area contributed by atoms with Crippen LogP contribution in [0.3, 0.4) is 0 Å². The zero-order valence-electron chi connectivity index (χ0n) is 16.1. The Morgan fingerprint density at radius 3 is 2.23 bits per heavy atom. The van der Waals surface area contributed by atoms with Crippen molar-refractivity contribution in [3.63, 3.8) is 0 Å². The summed E-state index contributed by atoms with van der Waals surface area (Å²) < 4.78 is 65.3. The number of rotatable bonds is 8. The lowest BCUT2D eigenvalue weighted by Gasteiger charge is -2.07. The number of hydrogen-bond acceptors (Lipinski definition) is 8. The van der Waals surface area contributed by atoms with Crippen LogP contribution in [0.25, 0.3) is 0 Å². The summed E-state index contributed by atoms with van der Waals surface area (Å²) in [5.74, 6) is -1.22. The molecule has 2 aromatic heterocycles. The number of esters is 1. The maximum Gasteiger partial charge on any atom is 0.374 e. The van der Waals surface area contributed by atoms with Gasteiger partial charge >= 0.3 is 5.97 Å². The average molecular weight is 453 g/mol. The second-order valence-electron chi connectivity index (χ2n) is 6.42. The van der Waals surface area contributed by atoms with Gasteiger partial charge in [-0.05, 0) is 36.4 Å². The maximum absolute atomic E-state index is 12.4. The molecule has 3 aromatic rings. The van der Waals surface area contributed by atoms with Crippen molar-refractivity contribution in [3.8, 4) is 0 Å². The number of sulfone groups is 1. The maximum atomic E-state index is 12.4. The van der Waals surface area contributed by atoms with Crippen LogP contribution in [0.1, 0.15) is 22.1 Å². The van der Waals surface area contributed by atoms with E-state index in [0.717, 1.165) is 4.31 Å². The number of carbonyl (C=O) groups excluding carboxylic acids is 1. The molecule has 1 aromatic carbocycles. The van der Waals surface area contributed by atoms with Crippen LogP contribution in [0.2, 0.25) is 0 Å². The fraction of sp³-hybridized carbons (Fsp3) is 0.211. The van der Waals surface area contributed by atoms with Gasteiger partial charge < -0.3 is 13.6 Å². The fourth-order valence-electron chi connectivity index (χ4n) is 2.43. The van der Waals surface area contributed by atoms with E-state index in [2.05, 4.69) is 0 Å². The van der Waals surface area contributed by atoms with E-state index < -0.39 is 31.6 Å². The summed E-state index contributed by atoms with van der Waals surface area (Å²) in [6.07, 6.45) is 0. The quantitative estimate of drug-likeness (QED) is 0.476. The number of hydrogen-bond donors (Lipinski definition) is 0. The molecule has 3 rings (SSSR count). The SMILES string of the molecule is CN(C)S(=O)(=O)c1ccc(COC(=O)c2ccc(CS(=O)(=O)c3ccccc3)o2)o1.